The van der Waals surface area contributed by atoms with Gasteiger partial charge in [0.2, 0.25) is 5.91 Å². The lowest BCUT2D eigenvalue weighted by molar-refractivity contribution is -0.122. The molecule has 0 aliphatic carbocycles. The maximum atomic E-state index is 11.9. The van der Waals surface area contributed by atoms with Crippen LogP contribution in [-0.2, 0) is 17.9 Å². The largest absolute Gasteiger partial charge is 0.354 e. The molecule has 1 heterocycles. The SMILES string of the molecule is Cc1nn(Cc2ccccc2Cl)c(C)c1CN(C)CC(=O)NCCC#N. The molecule has 0 fully saturated rings. The van der Waals surface area contributed by atoms with Crippen molar-refractivity contribution in [2.75, 3.05) is 20.1 Å². The molecular formula is C19H24ClN5O. The number of carbonyl (C=O) groups excluding carboxylic acids is 1. The second-order valence-electron chi connectivity index (χ2n) is 6.33. The standard InChI is InChI=1S/C19H24ClN5O/c1-14-17(12-24(3)13-19(26)22-10-6-9-21)15(2)25(23-14)11-16-7-4-5-8-18(16)20/h4-5,7-8H,6,10-13H2,1-3H3,(H,22,26). The first-order chi connectivity index (χ1) is 12.4. The van der Waals surface area contributed by atoms with E-state index < -0.39 is 0 Å². The van der Waals surface area contributed by atoms with Crippen LogP contribution in [0.1, 0.15) is 28.9 Å². The zero-order valence-electron chi connectivity index (χ0n) is 15.4. The van der Waals surface area contributed by atoms with Crippen molar-refractivity contribution in [1.29, 1.82) is 5.26 Å². The zero-order chi connectivity index (χ0) is 19.1. The molecule has 1 aromatic heterocycles. The van der Waals surface area contributed by atoms with Crippen molar-refractivity contribution >= 4 is 17.5 Å². The molecule has 0 atom stereocenters. The smallest absolute Gasteiger partial charge is 0.234 e. The molecule has 1 aromatic carbocycles. The van der Waals surface area contributed by atoms with Crippen LogP contribution in [-0.4, -0.2) is 40.7 Å². The molecule has 0 saturated carbocycles. The fraction of sp³-hybridized carbons (Fsp3) is 0.421. The van der Waals surface area contributed by atoms with Gasteiger partial charge in [0, 0.05) is 29.4 Å². The minimum atomic E-state index is -0.0819. The lowest BCUT2D eigenvalue weighted by atomic mass is 10.1. The summed E-state index contributed by atoms with van der Waals surface area (Å²) in [5.74, 6) is -0.0819. The van der Waals surface area contributed by atoms with Crippen LogP contribution in [0.25, 0.3) is 0 Å². The van der Waals surface area contributed by atoms with Gasteiger partial charge in [0.1, 0.15) is 0 Å². The van der Waals surface area contributed by atoms with E-state index in [0.29, 0.717) is 26.1 Å². The van der Waals surface area contributed by atoms with Gasteiger partial charge in [0.15, 0.2) is 0 Å². The number of halogens is 1. The molecular weight excluding hydrogens is 350 g/mol. The van der Waals surface area contributed by atoms with Crippen LogP contribution in [0.3, 0.4) is 0 Å². The highest BCUT2D eigenvalue weighted by molar-refractivity contribution is 6.31. The molecule has 0 aliphatic rings. The summed E-state index contributed by atoms with van der Waals surface area (Å²) in [5, 5.41) is 16.6. The number of rotatable bonds is 8. The van der Waals surface area contributed by atoms with Gasteiger partial charge >= 0.3 is 0 Å². The van der Waals surface area contributed by atoms with Crippen molar-refractivity contribution in [3.05, 3.63) is 51.8 Å². The number of nitrogens with zero attached hydrogens (tertiary/aromatic N) is 4. The maximum Gasteiger partial charge on any atom is 0.234 e. The summed E-state index contributed by atoms with van der Waals surface area (Å²) in [6.07, 6.45) is 0.322. The normalized spacial score (nSPS) is 10.8. The summed E-state index contributed by atoms with van der Waals surface area (Å²) in [7, 11) is 1.90. The highest BCUT2D eigenvalue weighted by atomic mass is 35.5. The number of carbonyl (C=O) groups is 1. The zero-order valence-corrected chi connectivity index (χ0v) is 16.2. The Labute approximate surface area is 159 Å². The van der Waals surface area contributed by atoms with E-state index >= 15 is 0 Å². The van der Waals surface area contributed by atoms with E-state index in [9.17, 15) is 4.79 Å². The minimum absolute atomic E-state index is 0.0819. The van der Waals surface area contributed by atoms with Gasteiger partial charge in [-0.2, -0.15) is 10.4 Å². The number of aromatic nitrogens is 2. The van der Waals surface area contributed by atoms with Crippen LogP contribution in [0.5, 0.6) is 0 Å². The van der Waals surface area contributed by atoms with Gasteiger partial charge in [-0.3, -0.25) is 14.4 Å². The van der Waals surface area contributed by atoms with Gasteiger partial charge in [-0.1, -0.05) is 29.8 Å². The summed E-state index contributed by atoms with van der Waals surface area (Å²) in [4.78, 5) is 13.8. The number of nitriles is 1. The molecule has 7 heteroatoms. The third-order valence-electron chi connectivity index (χ3n) is 4.21. The number of aryl methyl sites for hydroxylation is 1. The summed E-state index contributed by atoms with van der Waals surface area (Å²) >= 11 is 6.25. The van der Waals surface area contributed by atoms with Crippen LogP contribution < -0.4 is 5.32 Å². The number of hydrogen-bond acceptors (Lipinski definition) is 4. The second kappa shape index (κ2) is 9.37. The summed E-state index contributed by atoms with van der Waals surface area (Å²) in [5.41, 5.74) is 4.16. The monoisotopic (exact) mass is 373 g/mol. The van der Waals surface area contributed by atoms with E-state index in [-0.39, 0.29) is 12.5 Å². The van der Waals surface area contributed by atoms with E-state index in [1.54, 1.807) is 0 Å². The van der Waals surface area contributed by atoms with Gasteiger partial charge < -0.3 is 5.32 Å². The Morgan fingerprint density at radius 1 is 1.38 bits per heavy atom. The van der Waals surface area contributed by atoms with Crippen molar-refractivity contribution in [2.24, 2.45) is 0 Å². The first kappa shape index (κ1) is 20.0. The topological polar surface area (TPSA) is 74.0 Å². The molecule has 26 heavy (non-hydrogen) atoms. The van der Waals surface area contributed by atoms with Crippen molar-refractivity contribution in [3.63, 3.8) is 0 Å². The Balaban J connectivity index is 2.02. The highest BCUT2D eigenvalue weighted by Gasteiger charge is 2.15. The summed E-state index contributed by atoms with van der Waals surface area (Å²) in [6.45, 7) is 5.92. The van der Waals surface area contributed by atoms with E-state index in [0.717, 1.165) is 27.5 Å². The number of amides is 1. The Hall–Kier alpha value is -2.36. The number of likely N-dealkylation sites (N-methyl/N-ethyl adjacent to an activating group) is 1. The van der Waals surface area contributed by atoms with Gasteiger partial charge in [-0.25, -0.2) is 0 Å². The fourth-order valence-corrected chi connectivity index (χ4v) is 2.98. The van der Waals surface area contributed by atoms with Crippen molar-refractivity contribution in [3.8, 4) is 6.07 Å². The average molecular weight is 374 g/mol. The second-order valence-corrected chi connectivity index (χ2v) is 6.74. The average Bonchev–Trinajstić information content (AvgIpc) is 2.84. The first-order valence-corrected chi connectivity index (χ1v) is 8.88. The quantitative estimate of drug-likeness (QED) is 0.722. The third kappa shape index (κ3) is 5.32. The van der Waals surface area contributed by atoms with Crippen molar-refractivity contribution in [1.82, 2.24) is 20.0 Å². The Morgan fingerprint density at radius 3 is 2.81 bits per heavy atom. The molecule has 6 nitrogen and oxygen atoms in total. The molecule has 0 saturated heterocycles. The molecule has 0 bridgehead atoms. The summed E-state index contributed by atoms with van der Waals surface area (Å²) < 4.78 is 1.95. The lowest BCUT2D eigenvalue weighted by Gasteiger charge is -2.16. The van der Waals surface area contributed by atoms with Gasteiger partial charge in [0.05, 0.1) is 31.3 Å². The first-order valence-electron chi connectivity index (χ1n) is 8.50. The Bertz CT molecular complexity index is 809. The number of nitrogens with one attached hydrogen (secondary N) is 1. The molecule has 2 rings (SSSR count). The predicted octanol–water partition coefficient (Wildman–Crippen LogP) is 2.66. The molecule has 0 aliphatic heterocycles. The van der Waals surface area contributed by atoms with Crippen LogP contribution in [0, 0.1) is 25.2 Å². The van der Waals surface area contributed by atoms with E-state index in [2.05, 4.69) is 10.4 Å². The number of benzene rings is 1. The Morgan fingerprint density at radius 2 is 2.12 bits per heavy atom. The van der Waals surface area contributed by atoms with Crippen LogP contribution in [0.4, 0.5) is 0 Å². The van der Waals surface area contributed by atoms with Crippen molar-refractivity contribution in [2.45, 2.75) is 33.4 Å². The van der Waals surface area contributed by atoms with E-state index in [4.69, 9.17) is 16.9 Å². The molecule has 0 unspecified atom stereocenters. The highest BCUT2D eigenvalue weighted by Crippen LogP contribution is 2.20. The minimum Gasteiger partial charge on any atom is -0.354 e. The molecule has 0 radical (unpaired) electrons. The van der Waals surface area contributed by atoms with Crippen LogP contribution in [0.2, 0.25) is 5.02 Å². The molecule has 0 spiro atoms. The van der Waals surface area contributed by atoms with E-state index in [1.807, 2.05) is 60.8 Å². The predicted molar refractivity (Wildman–Crippen MR) is 102 cm³/mol. The number of hydrogen-bond donors (Lipinski definition) is 1. The van der Waals surface area contributed by atoms with E-state index in [1.165, 1.54) is 0 Å². The molecule has 138 valence electrons. The lowest BCUT2D eigenvalue weighted by Crippen LogP contribution is -2.35. The molecule has 1 amide bonds. The van der Waals surface area contributed by atoms with Gasteiger partial charge in [-0.15, -0.1) is 0 Å². The van der Waals surface area contributed by atoms with Crippen LogP contribution in [0.15, 0.2) is 24.3 Å². The Kier molecular flexibility index (Phi) is 7.19. The molecule has 1 N–H and O–H groups in total. The van der Waals surface area contributed by atoms with Crippen LogP contribution >= 0.6 is 11.6 Å². The van der Waals surface area contributed by atoms with Crippen molar-refractivity contribution < 1.29 is 4.79 Å². The molecule has 2 aromatic rings. The fourth-order valence-electron chi connectivity index (χ4n) is 2.79. The third-order valence-corrected chi connectivity index (χ3v) is 4.58. The maximum absolute atomic E-state index is 11.9. The van der Waals surface area contributed by atoms with Gasteiger partial charge in [0.25, 0.3) is 0 Å². The summed E-state index contributed by atoms with van der Waals surface area (Å²) in [6, 6.07) is 9.76. The van der Waals surface area contributed by atoms with Gasteiger partial charge in [-0.05, 0) is 32.5 Å².